The first-order valence-electron chi connectivity index (χ1n) is 10.2. The van der Waals surface area contributed by atoms with Gasteiger partial charge in [-0.25, -0.2) is 13.4 Å². The van der Waals surface area contributed by atoms with Crippen molar-refractivity contribution >= 4 is 21.7 Å². The molecule has 1 atom stereocenters. The number of morpholine rings is 1. The van der Waals surface area contributed by atoms with Crippen LogP contribution >= 0.6 is 0 Å². The number of anilines is 1. The number of pyridine rings is 1. The molecule has 0 aliphatic carbocycles. The van der Waals surface area contributed by atoms with Crippen LogP contribution in [0.3, 0.4) is 0 Å². The molecule has 1 aromatic heterocycles. The molecule has 10 heteroatoms. The molecule has 3 heterocycles. The van der Waals surface area contributed by atoms with Gasteiger partial charge in [-0.15, -0.1) is 0 Å². The SMILES string of the molecule is CCC(C)NC(=O)CN1CCN(c2ccc(S(=O)(=O)N3CCOCC3)cn2)CC1. The molecular weight excluding hydrogens is 394 g/mol. The summed E-state index contributed by atoms with van der Waals surface area (Å²) < 4.78 is 32.1. The summed E-state index contributed by atoms with van der Waals surface area (Å²) in [4.78, 5) is 20.9. The standard InChI is InChI=1S/C19H31N5O4S/c1-3-16(2)21-19(25)15-22-6-8-23(9-7-22)18-5-4-17(14-20-18)29(26,27)24-10-12-28-13-11-24/h4-5,14,16H,3,6-13,15H2,1-2H3,(H,21,25). The molecule has 0 radical (unpaired) electrons. The number of ether oxygens (including phenoxy) is 1. The lowest BCUT2D eigenvalue weighted by atomic mass is 10.2. The van der Waals surface area contributed by atoms with Crippen LogP contribution in [-0.4, -0.2) is 93.6 Å². The molecule has 1 amide bonds. The van der Waals surface area contributed by atoms with E-state index in [1.165, 1.54) is 10.5 Å². The molecule has 0 bridgehead atoms. The summed E-state index contributed by atoms with van der Waals surface area (Å²) in [5.74, 6) is 0.818. The zero-order chi connectivity index (χ0) is 20.9. The zero-order valence-electron chi connectivity index (χ0n) is 17.2. The largest absolute Gasteiger partial charge is 0.379 e. The lowest BCUT2D eigenvalue weighted by Gasteiger charge is -2.35. The first kappa shape index (κ1) is 21.9. The molecular formula is C19H31N5O4S. The van der Waals surface area contributed by atoms with Crippen molar-refractivity contribution < 1.29 is 17.9 Å². The van der Waals surface area contributed by atoms with Crippen LogP contribution in [0.5, 0.6) is 0 Å². The molecule has 162 valence electrons. The molecule has 0 aromatic carbocycles. The van der Waals surface area contributed by atoms with Crippen molar-refractivity contribution in [3.8, 4) is 0 Å². The number of sulfonamides is 1. The van der Waals surface area contributed by atoms with Crippen LogP contribution in [0.25, 0.3) is 0 Å². The zero-order valence-corrected chi connectivity index (χ0v) is 18.0. The van der Waals surface area contributed by atoms with Gasteiger partial charge in [-0.2, -0.15) is 4.31 Å². The lowest BCUT2D eigenvalue weighted by Crippen LogP contribution is -2.50. The second-order valence-corrected chi connectivity index (χ2v) is 9.45. The number of carbonyl (C=O) groups excluding carboxylic acids is 1. The van der Waals surface area contributed by atoms with Crippen LogP contribution in [0, 0.1) is 0 Å². The smallest absolute Gasteiger partial charge is 0.244 e. The molecule has 2 aliphatic heterocycles. The van der Waals surface area contributed by atoms with Gasteiger partial charge in [0, 0.05) is 51.5 Å². The molecule has 3 rings (SSSR count). The van der Waals surface area contributed by atoms with Gasteiger partial charge < -0.3 is 15.0 Å². The van der Waals surface area contributed by atoms with Gasteiger partial charge in [0.25, 0.3) is 0 Å². The monoisotopic (exact) mass is 425 g/mol. The van der Waals surface area contributed by atoms with E-state index in [1.807, 2.05) is 13.8 Å². The third kappa shape index (κ3) is 5.65. The van der Waals surface area contributed by atoms with E-state index in [4.69, 9.17) is 4.74 Å². The van der Waals surface area contributed by atoms with Crippen molar-refractivity contribution in [3.63, 3.8) is 0 Å². The highest BCUT2D eigenvalue weighted by molar-refractivity contribution is 7.89. The second-order valence-electron chi connectivity index (χ2n) is 7.51. The summed E-state index contributed by atoms with van der Waals surface area (Å²) in [6.07, 6.45) is 2.36. The Morgan fingerprint density at radius 1 is 1.17 bits per heavy atom. The van der Waals surface area contributed by atoms with Gasteiger partial charge in [0.1, 0.15) is 10.7 Å². The van der Waals surface area contributed by atoms with E-state index in [9.17, 15) is 13.2 Å². The molecule has 2 aliphatic rings. The Kier molecular flexibility index (Phi) is 7.44. The van der Waals surface area contributed by atoms with Crippen molar-refractivity contribution in [2.45, 2.75) is 31.2 Å². The second kappa shape index (κ2) is 9.84. The minimum absolute atomic E-state index is 0.0589. The molecule has 2 saturated heterocycles. The highest BCUT2D eigenvalue weighted by atomic mass is 32.2. The van der Waals surface area contributed by atoms with Gasteiger partial charge >= 0.3 is 0 Å². The fraction of sp³-hybridized carbons (Fsp3) is 0.684. The van der Waals surface area contributed by atoms with Crippen molar-refractivity contribution in [2.75, 3.05) is 63.9 Å². The molecule has 2 fully saturated rings. The Hall–Kier alpha value is -1.75. The number of hydrogen-bond donors (Lipinski definition) is 1. The van der Waals surface area contributed by atoms with Crippen LogP contribution < -0.4 is 10.2 Å². The van der Waals surface area contributed by atoms with E-state index < -0.39 is 10.0 Å². The molecule has 1 N–H and O–H groups in total. The van der Waals surface area contributed by atoms with E-state index in [0.717, 1.165) is 38.4 Å². The normalized spacial score (nSPS) is 20.4. The predicted molar refractivity (Wildman–Crippen MR) is 110 cm³/mol. The van der Waals surface area contributed by atoms with Crippen LogP contribution in [0.4, 0.5) is 5.82 Å². The van der Waals surface area contributed by atoms with Gasteiger partial charge in [0.15, 0.2) is 0 Å². The number of amides is 1. The highest BCUT2D eigenvalue weighted by Crippen LogP contribution is 2.20. The summed E-state index contributed by atoms with van der Waals surface area (Å²) in [5.41, 5.74) is 0. The number of piperazine rings is 1. The number of aromatic nitrogens is 1. The Labute approximate surface area is 173 Å². The first-order valence-corrected chi connectivity index (χ1v) is 11.6. The van der Waals surface area contributed by atoms with E-state index in [-0.39, 0.29) is 16.8 Å². The van der Waals surface area contributed by atoms with Gasteiger partial charge in [0.2, 0.25) is 15.9 Å². The predicted octanol–water partition coefficient (Wildman–Crippen LogP) is 0.139. The Bertz CT molecular complexity index is 772. The fourth-order valence-corrected chi connectivity index (χ4v) is 4.76. The third-order valence-corrected chi connectivity index (χ3v) is 7.29. The van der Waals surface area contributed by atoms with E-state index >= 15 is 0 Å². The Morgan fingerprint density at radius 2 is 1.86 bits per heavy atom. The highest BCUT2D eigenvalue weighted by Gasteiger charge is 2.27. The van der Waals surface area contributed by atoms with E-state index in [2.05, 4.69) is 20.1 Å². The minimum Gasteiger partial charge on any atom is -0.379 e. The van der Waals surface area contributed by atoms with E-state index in [0.29, 0.717) is 32.8 Å². The maximum Gasteiger partial charge on any atom is 0.244 e. The van der Waals surface area contributed by atoms with Gasteiger partial charge in [-0.05, 0) is 25.5 Å². The van der Waals surface area contributed by atoms with Crippen molar-refractivity contribution in [1.29, 1.82) is 0 Å². The maximum atomic E-state index is 12.7. The Balaban J connectivity index is 1.53. The first-order chi connectivity index (χ1) is 13.9. The number of carbonyl (C=O) groups is 1. The third-order valence-electron chi connectivity index (χ3n) is 5.41. The van der Waals surface area contributed by atoms with Crippen molar-refractivity contribution in [2.24, 2.45) is 0 Å². The van der Waals surface area contributed by atoms with E-state index in [1.54, 1.807) is 12.1 Å². The van der Waals surface area contributed by atoms with Gasteiger partial charge in [0.05, 0.1) is 19.8 Å². The molecule has 0 spiro atoms. The number of hydrogen-bond acceptors (Lipinski definition) is 7. The lowest BCUT2D eigenvalue weighted by molar-refractivity contribution is -0.122. The Morgan fingerprint density at radius 3 is 2.45 bits per heavy atom. The quantitative estimate of drug-likeness (QED) is 0.664. The van der Waals surface area contributed by atoms with Crippen LogP contribution in [0.15, 0.2) is 23.2 Å². The molecule has 1 unspecified atom stereocenters. The average molecular weight is 426 g/mol. The summed E-state index contributed by atoms with van der Waals surface area (Å²) in [6, 6.07) is 3.58. The summed E-state index contributed by atoms with van der Waals surface area (Å²) in [5, 5.41) is 2.99. The average Bonchev–Trinajstić information content (AvgIpc) is 2.75. The number of rotatable bonds is 7. The summed E-state index contributed by atoms with van der Waals surface area (Å²) >= 11 is 0. The minimum atomic E-state index is -3.52. The molecule has 29 heavy (non-hydrogen) atoms. The molecule has 1 aromatic rings. The topological polar surface area (TPSA) is 95.1 Å². The van der Waals surface area contributed by atoms with Crippen molar-refractivity contribution in [1.82, 2.24) is 19.5 Å². The number of nitrogens with one attached hydrogen (secondary N) is 1. The van der Waals surface area contributed by atoms with Gasteiger partial charge in [-0.1, -0.05) is 6.92 Å². The number of nitrogens with zero attached hydrogens (tertiary/aromatic N) is 4. The fourth-order valence-electron chi connectivity index (χ4n) is 3.41. The molecule has 9 nitrogen and oxygen atoms in total. The van der Waals surface area contributed by atoms with Crippen molar-refractivity contribution in [3.05, 3.63) is 18.3 Å². The van der Waals surface area contributed by atoms with Gasteiger partial charge in [-0.3, -0.25) is 9.69 Å². The van der Waals surface area contributed by atoms with Crippen LogP contribution in [-0.2, 0) is 19.6 Å². The summed E-state index contributed by atoms with van der Waals surface area (Å²) in [7, 11) is -3.52. The molecule has 0 saturated carbocycles. The van der Waals surface area contributed by atoms with Crippen LogP contribution in [0.1, 0.15) is 20.3 Å². The van der Waals surface area contributed by atoms with Crippen LogP contribution in [0.2, 0.25) is 0 Å². The maximum absolute atomic E-state index is 12.7. The summed E-state index contributed by atoms with van der Waals surface area (Å²) in [6.45, 7) is 9.08.